The van der Waals surface area contributed by atoms with Gasteiger partial charge < -0.3 is 28.5 Å². The van der Waals surface area contributed by atoms with E-state index in [4.69, 9.17) is 18.9 Å². The zero-order chi connectivity index (χ0) is 71.8. The molecule has 0 amide bonds. The van der Waals surface area contributed by atoms with Crippen LogP contribution in [0.25, 0.3) is 0 Å². The number of quaternary nitrogens is 1. The molecule has 9 heteroatoms. The molecule has 1 N–H and O–H groups in total. The molecule has 564 valence electrons. The van der Waals surface area contributed by atoms with Crippen molar-refractivity contribution in [2.45, 2.75) is 347 Å². The van der Waals surface area contributed by atoms with Crippen molar-refractivity contribution in [1.29, 1.82) is 0 Å². The highest BCUT2D eigenvalue weighted by Crippen LogP contribution is 2.18. The Bertz CT molecular complexity index is 2200. The van der Waals surface area contributed by atoms with E-state index in [1.165, 1.54) is 186 Å². The third kappa shape index (κ3) is 80.1. The Morgan fingerprint density at radius 2 is 0.576 bits per heavy atom. The van der Waals surface area contributed by atoms with Crippen molar-refractivity contribution in [3.8, 4) is 0 Å². The van der Waals surface area contributed by atoms with E-state index in [-0.39, 0.29) is 38.6 Å². The second-order valence-corrected chi connectivity index (χ2v) is 28.0. The topological polar surface area (TPSA) is 108 Å². The second-order valence-electron chi connectivity index (χ2n) is 28.0. The van der Waals surface area contributed by atoms with Crippen molar-refractivity contribution in [3.63, 3.8) is 0 Å². The van der Waals surface area contributed by atoms with Gasteiger partial charge in [0.15, 0.2) is 6.10 Å². The molecule has 0 rings (SSSR count). The number of nitrogens with zero attached hydrogens (tertiary/aromatic N) is 1. The van der Waals surface area contributed by atoms with Gasteiger partial charge in [-0.15, -0.1) is 0 Å². The molecule has 9 nitrogen and oxygen atoms in total. The predicted molar refractivity (Wildman–Crippen MR) is 428 cm³/mol. The fourth-order valence-electron chi connectivity index (χ4n) is 11.1. The molecule has 0 spiro atoms. The quantitative estimate of drug-likeness (QED) is 0.0211. The van der Waals surface area contributed by atoms with Gasteiger partial charge in [0.05, 0.1) is 34.4 Å². The van der Waals surface area contributed by atoms with Crippen LogP contribution in [0.15, 0.2) is 158 Å². The highest BCUT2D eigenvalue weighted by atomic mass is 16.7. The van der Waals surface area contributed by atoms with Crippen molar-refractivity contribution in [1.82, 2.24) is 0 Å². The predicted octanol–water partition coefficient (Wildman–Crippen LogP) is 26.4. The number of unbranched alkanes of at least 4 members (excludes halogenated alkanes) is 33. The fourth-order valence-corrected chi connectivity index (χ4v) is 11.1. The van der Waals surface area contributed by atoms with Gasteiger partial charge in [-0.25, -0.2) is 4.79 Å². The van der Waals surface area contributed by atoms with Gasteiger partial charge in [-0.3, -0.25) is 9.59 Å². The Morgan fingerprint density at radius 3 is 0.869 bits per heavy atom. The molecule has 0 aromatic rings. The Labute approximate surface area is 610 Å². The Hall–Kier alpha value is -5.09. The molecule has 0 saturated carbocycles. The van der Waals surface area contributed by atoms with Gasteiger partial charge in [0.25, 0.3) is 6.29 Å². The molecule has 0 aliphatic heterocycles. The summed E-state index contributed by atoms with van der Waals surface area (Å²) in [6.07, 6.45) is 114. The highest BCUT2D eigenvalue weighted by molar-refractivity contribution is 5.71. The van der Waals surface area contributed by atoms with Crippen LogP contribution in [0.1, 0.15) is 335 Å². The number of esters is 2. The van der Waals surface area contributed by atoms with E-state index in [9.17, 15) is 19.5 Å². The monoisotopic (exact) mass is 1380 g/mol. The van der Waals surface area contributed by atoms with Crippen LogP contribution in [0, 0.1) is 0 Å². The number of rotatable bonds is 74. The van der Waals surface area contributed by atoms with Crippen LogP contribution in [0.5, 0.6) is 0 Å². The lowest BCUT2D eigenvalue weighted by molar-refractivity contribution is -0.870. The van der Waals surface area contributed by atoms with E-state index in [1.54, 1.807) is 0 Å². The van der Waals surface area contributed by atoms with Crippen LogP contribution < -0.4 is 0 Å². The number of aliphatic carboxylic acids is 1. The maximum absolute atomic E-state index is 13.0. The van der Waals surface area contributed by atoms with Crippen molar-refractivity contribution >= 4 is 17.9 Å². The van der Waals surface area contributed by atoms with Gasteiger partial charge in [-0.1, -0.05) is 352 Å². The molecule has 0 aromatic carbocycles. The molecule has 0 heterocycles. The van der Waals surface area contributed by atoms with E-state index in [2.05, 4.69) is 172 Å². The number of carbonyl (C=O) groups is 3. The Balaban J connectivity index is 4.12. The first-order valence-corrected chi connectivity index (χ1v) is 40.6. The van der Waals surface area contributed by atoms with E-state index in [0.29, 0.717) is 17.4 Å². The summed E-state index contributed by atoms with van der Waals surface area (Å²) in [4.78, 5) is 37.7. The van der Waals surface area contributed by atoms with Crippen molar-refractivity contribution in [2.75, 3.05) is 47.5 Å². The number of carboxylic acids is 1. The molecule has 0 aliphatic rings. The van der Waals surface area contributed by atoms with Crippen molar-refractivity contribution in [2.24, 2.45) is 0 Å². The summed E-state index contributed by atoms with van der Waals surface area (Å²) in [6.45, 7) is 4.73. The lowest BCUT2D eigenvalue weighted by Gasteiger charge is -2.25. The van der Waals surface area contributed by atoms with Crippen LogP contribution in [0.3, 0.4) is 0 Å². The van der Waals surface area contributed by atoms with E-state index in [1.807, 2.05) is 21.1 Å². The van der Waals surface area contributed by atoms with Gasteiger partial charge >= 0.3 is 17.9 Å². The number of allylic oxidation sites excluding steroid dienone is 26. The summed E-state index contributed by atoms with van der Waals surface area (Å²) in [5.41, 5.74) is 0. The Kier molecular flexibility index (Phi) is 74.6. The van der Waals surface area contributed by atoms with Gasteiger partial charge in [0.2, 0.25) is 0 Å². The maximum atomic E-state index is 13.0. The number of likely N-dealkylation sites (N-methyl/N-ethyl adjacent to an activating group) is 1. The molecule has 2 atom stereocenters. The molecule has 99 heavy (non-hydrogen) atoms. The number of ether oxygens (including phenoxy) is 4. The molecule has 0 fully saturated rings. The number of carboxylic acid groups (broad SMARTS) is 1. The minimum atomic E-state index is -1.53. The average Bonchev–Trinajstić information content (AvgIpc) is 2.19. The van der Waals surface area contributed by atoms with E-state index >= 15 is 0 Å². The first kappa shape index (κ1) is 93.9. The summed E-state index contributed by atoms with van der Waals surface area (Å²) in [6, 6.07) is 0. The highest BCUT2D eigenvalue weighted by Gasteiger charge is 2.25. The van der Waals surface area contributed by atoms with Crippen LogP contribution >= 0.6 is 0 Å². The molecule has 0 aromatic heterocycles. The molecule has 2 unspecified atom stereocenters. The van der Waals surface area contributed by atoms with Crippen LogP contribution in [-0.4, -0.2) is 87.4 Å². The molecule has 0 aliphatic carbocycles. The first-order chi connectivity index (χ1) is 48.6. The van der Waals surface area contributed by atoms with Crippen LogP contribution in [0.4, 0.5) is 0 Å². The van der Waals surface area contributed by atoms with Crippen molar-refractivity contribution < 1.29 is 42.9 Å². The summed E-state index contributed by atoms with van der Waals surface area (Å²) in [5.74, 6) is -2.05. The lowest BCUT2D eigenvalue weighted by atomic mass is 10.0. The number of carbonyl (C=O) groups excluding carboxylic acids is 2. The zero-order valence-electron chi connectivity index (χ0n) is 64.6. The fraction of sp³-hybridized carbons (Fsp3) is 0.678. The maximum Gasteiger partial charge on any atom is 0.361 e. The van der Waals surface area contributed by atoms with Gasteiger partial charge in [0, 0.05) is 12.8 Å². The first-order valence-electron chi connectivity index (χ1n) is 40.6. The standard InChI is InChI=1S/C90H151NO8/c1-6-8-10-12-14-16-18-20-22-24-26-28-30-32-34-36-38-40-42-44-46-48-50-52-54-56-58-60-62-64-66-68-70-72-74-76-78-80-87(92)97-84-86(85-98-90(89(94)95)96-83-82-91(3,4)5)99-88(93)81-79-77-75-73-71-69-67-65-63-61-59-57-55-53-51-49-47-45-43-41-39-37-35-33-31-29-27-25-23-21-19-17-15-13-11-9-7-2/h9,11,15,17-18,20-21,23-24,26-27,29,33,35,39,41,45,47,51,53,57,59,63,65,69,71,86,90H,6-8,10,12-14,16,19,22,25,28,30-32,34,36-38,40,42-44,46,48-50,52,54-56,58,60-62,64,66-68,70,72-85H2,1-5H3/p+1/b11-9-,17-15-,20-18-,23-21-,26-24-,29-27-,35-33-,41-39-,47-45-,53-51-,59-57-,65-63-,71-69-. The van der Waals surface area contributed by atoms with Gasteiger partial charge in [0.1, 0.15) is 13.2 Å². The third-order valence-corrected chi connectivity index (χ3v) is 17.3. The molecular formula is C90H152NO8+. The Morgan fingerprint density at radius 1 is 0.313 bits per heavy atom. The SMILES string of the molecule is CC/C=C\C/C=C\C/C=C\C/C=C\C/C=C\C/C=C\C/C=C\C/C=C\C/C=C\C/C=C\C/C=C\CCCCCC(=O)OC(COC(=O)CCCCCCCCCCCCCCCCCCCCCCCCCCC/C=C\C/C=C\CCCCCCC)COC(OCC[N+](C)(C)C)C(=O)O. The normalized spacial score (nSPS) is 13.5. The molecule has 0 radical (unpaired) electrons. The van der Waals surface area contributed by atoms with Crippen LogP contribution in [-0.2, 0) is 33.3 Å². The summed E-state index contributed by atoms with van der Waals surface area (Å²) in [7, 11) is 5.97. The largest absolute Gasteiger partial charge is 0.477 e. The lowest BCUT2D eigenvalue weighted by Crippen LogP contribution is -2.40. The second kappa shape index (κ2) is 78.6. The summed E-state index contributed by atoms with van der Waals surface area (Å²) >= 11 is 0. The minimum absolute atomic E-state index is 0.174. The molecular weight excluding hydrogens is 1220 g/mol. The minimum Gasteiger partial charge on any atom is -0.477 e. The number of hydrogen-bond donors (Lipinski definition) is 1. The number of hydrogen-bond acceptors (Lipinski definition) is 7. The van der Waals surface area contributed by atoms with E-state index < -0.39 is 24.3 Å². The molecule has 0 bridgehead atoms. The van der Waals surface area contributed by atoms with Crippen molar-refractivity contribution in [3.05, 3.63) is 158 Å². The molecule has 0 saturated heterocycles. The summed E-state index contributed by atoms with van der Waals surface area (Å²) in [5, 5.41) is 9.77. The van der Waals surface area contributed by atoms with Crippen LogP contribution in [0.2, 0.25) is 0 Å². The van der Waals surface area contributed by atoms with E-state index in [0.717, 1.165) is 116 Å². The average molecular weight is 1380 g/mol. The smallest absolute Gasteiger partial charge is 0.361 e. The van der Waals surface area contributed by atoms with Gasteiger partial charge in [-0.2, -0.15) is 0 Å². The zero-order valence-corrected chi connectivity index (χ0v) is 64.6. The van der Waals surface area contributed by atoms with Gasteiger partial charge in [-0.05, 0) is 128 Å². The summed E-state index contributed by atoms with van der Waals surface area (Å²) < 4.78 is 23.0. The third-order valence-electron chi connectivity index (χ3n) is 17.3.